The van der Waals surface area contributed by atoms with Crippen LogP contribution in [0.15, 0.2) is 18.2 Å². The van der Waals surface area contributed by atoms with Crippen LogP contribution in [0, 0.1) is 5.92 Å². The number of hydrogen-bond donors (Lipinski definition) is 1. The lowest BCUT2D eigenvalue weighted by molar-refractivity contribution is 0.122. The third-order valence-electron chi connectivity index (χ3n) is 3.90. The fourth-order valence-corrected chi connectivity index (χ4v) is 2.95. The molecule has 0 aliphatic heterocycles. The molecule has 0 heterocycles. The van der Waals surface area contributed by atoms with Crippen LogP contribution in [0.1, 0.15) is 45.1 Å². The maximum Gasteiger partial charge on any atom is 0.166 e. The van der Waals surface area contributed by atoms with Gasteiger partial charge in [0.1, 0.15) is 0 Å². The van der Waals surface area contributed by atoms with E-state index in [4.69, 9.17) is 9.47 Å². The molecular formula is C17H27NO2. The first-order chi connectivity index (χ1) is 9.74. The summed E-state index contributed by atoms with van der Waals surface area (Å²) in [5, 5.41) is 3.20. The van der Waals surface area contributed by atoms with E-state index in [2.05, 4.69) is 18.3 Å². The standard InChI is InChI=1S/C17H27NO2/c1-4-19-16-10-6-8-14(12-18-3)17(16)20-15-9-5-7-13(2)11-15/h6,8,10,13,15,18H,4-5,7,9,11-12H2,1-3H3. The van der Waals surface area contributed by atoms with Crippen molar-refractivity contribution in [3.63, 3.8) is 0 Å². The monoisotopic (exact) mass is 277 g/mol. The summed E-state index contributed by atoms with van der Waals surface area (Å²) < 4.78 is 12.1. The van der Waals surface area contributed by atoms with E-state index < -0.39 is 0 Å². The van der Waals surface area contributed by atoms with E-state index in [1.165, 1.54) is 18.4 Å². The Morgan fingerprint density at radius 2 is 2.15 bits per heavy atom. The van der Waals surface area contributed by atoms with Crippen LogP contribution < -0.4 is 14.8 Å². The highest BCUT2D eigenvalue weighted by Gasteiger charge is 2.22. The first-order valence-electron chi connectivity index (χ1n) is 7.80. The van der Waals surface area contributed by atoms with Crippen molar-refractivity contribution in [3.8, 4) is 11.5 Å². The number of rotatable bonds is 6. The minimum Gasteiger partial charge on any atom is -0.490 e. The van der Waals surface area contributed by atoms with Crippen molar-refractivity contribution < 1.29 is 9.47 Å². The summed E-state index contributed by atoms with van der Waals surface area (Å²) in [7, 11) is 1.96. The maximum atomic E-state index is 6.33. The maximum absolute atomic E-state index is 6.33. The van der Waals surface area contributed by atoms with Crippen LogP contribution in [0.5, 0.6) is 11.5 Å². The normalized spacial score (nSPS) is 22.6. The number of benzene rings is 1. The highest BCUT2D eigenvalue weighted by atomic mass is 16.5. The van der Waals surface area contributed by atoms with Gasteiger partial charge in [0.15, 0.2) is 11.5 Å². The number of ether oxygens (including phenoxy) is 2. The van der Waals surface area contributed by atoms with E-state index in [0.717, 1.165) is 36.8 Å². The minimum atomic E-state index is 0.330. The largest absolute Gasteiger partial charge is 0.490 e. The van der Waals surface area contributed by atoms with Gasteiger partial charge in [0.2, 0.25) is 0 Å². The van der Waals surface area contributed by atoms with Gasteiger partial charge in [-0.05, 0) is 45.2 Å². The Kier molecular flexibility index (Phi) is 5.72. The lowest BCUT2D eigenvalue weighted by Crippen LogP contribution is -2.25. The summed E-state index contributed by atoms with van der Waals surface area (Å²) >= 11 is 0. The molecular weight excluding hydrogens is 250 g/mol. The van der Waals surface area contributed by atoms with Crippen molar-refractivity contribution in [2.45, 2.75) is 52.2 Å². The zero-order valence-corrected chi connectivity index (χ0v) is 12.9. The summed E-state index contributed by atoms with van der Waals surface area (Å²) in [5.41, 5.74) is 1.18. The van der Waals surface area contributed by atoms with E-state index in [1.807, 2.05) is 26.1 Å². The van der Waals surface area contributed by atoms with Gasteiger partial charge in [0.25, 0.3) is 0 Å². The molecule has 0 aromatic heterocycles. The molecule has 0 saturated heterocycles. The lowest BCUT2D eigenvalue weighted by Gasteiger charge is -2.29. The molecule has 1 aliphatic carbocycles. The van der Waals surface area contributed by atoms with Crippen molar-refractivity contribution in [2.24, 2.45) is 5.92 Å². The summed E-state index contributed by atoms with van der Waals surface area (Å²) in [4.78, 5) is 0. The number of nitrogens with one attached hydrogen (secondary N) is 1. The molecule has 1 N–H and O–H groups in total. The average Bonchev–Trinajstić information content (AvgIpc) is 2.43. The molecule has 112 valence electrons. The van der Waals surface area contributed by atoms with Crippen LogP contribution in [0.4, 0.5) is 0 Å². The Balaban J connectivity index is 2.17. The van der Waals surface area contributed by atoms with E-state index >= 15 is 0 Å². The van der Waals surface area contributed by atoms with Gasteiger partial charge in [0, 0.05) is 12.1 Å². The molecule has 2 unspecified atom stereocenters. The van der Waals surface area contributed by atoms with Gasteiger partial charge < -0.3 is 14.8 Å². The zero-order valence-electron chi connectivity index (χ0n) is 12.9. The molecule has 0 radical (unpaired) electrons. The van der Waals surface area contributed by atoms with Crippen molar-refractivity contribution in [2.75, 3.05) is 13.7 Å². The second kappa shape index (κ2) is 7.53. The van der Waals surface area contributed by atoms with Crippen LogP contribution in [0.25, 0.3) is 0 Å². The molecule has 0 spiro atoms. The first-order valence-corrected chi connectivity index (χ1v) is 7.80. The molecule has 1 aliphatic rings. The van der Waals surface area contributed by atoms with Gasteiger partial charge in [0.05, 0.1) is 12.7 Å². The van der Waals surface area contributed by atoms with E-state index in [0.29, 0.717) is 12.7 Å². The van der Waals surface area contributed by atoms with Gasteiger partial charge in [-0.2, -0.15) is 0 Å². The predicted molar refractivity (Wildman–Crippen MR) is 82.4 cm³/mol. The smallest absolute Gasteiger partial charge is 0.166 e. The fraction of sp³-hybridized carbons (Fsp3) is 0.647. The van der Waals surface area contributed by atoms with E-state index in [-0.39, 0.29) is 0 Å². The Hall–Kier alpha value is -1.22. The van der Waals surface area contributed by atoms with Gasteiger partial charge in [-0.15, -0.1) is 0 Å². The molecule has 1 aromatic carbocycles. The van der Waals surface area contributed by atoms with Crippen molar-refractivity contribution in [1.82, 2.24) is 5.32 Å². The molecule has 2 rings (SSSR count). The molecule has 3 heteroatoms. The predicted octanol–water partition coefficient (Wildman–Crippen LogP) is 3.76. The third-order valence-corrected chi connectivity index (χ3v) is 3.90. The molecule has 1 fully saturated rings. The number of hydrogen-bond acceptors (Lipinski definition) is 3. The molecule has 20 heavy (non-hydrogen) atoms. The zero-order chi connectivity index (χ0) is 14.4. The van der Waals surface area contributed by atoms with Crippen molar-refractivity contribution >= 4 is 0 Å². The second-order valence-electron chi connectivity index (χ2n) is 5.72. The lowest BCUT2D eigenvalue weighted by atomic mass is 9.88. The molecule has 0 bridgehead atoms. The van der Waals surface area contributed by atoms with E-state index in [1.54, 1.807) is 0 Å². The Labute approximate surface area is 122 Å². The van der Waals surface area contributed by atoms with Gasteiger partial charge >= 0.3 is 0 Å². The van der Waals surface area contributed by atoms with Gasteiger partial charge in [-0.25, -0.2) is 0 Å². The fourth-order valence-electron chi connectivity index (χ4n) is 2.95. The van der Waals surface area contributed by atoms with Crippen LogP contribution >= 0.6 is 0 Å². The summed E-state index contributed by atoms with van der Waals surface area (Å²) in [6.07, 6.45) is 5.24. The highest BCUT2D eigenvalue weighted by Crippen LogP contribution is 2.35. The third kappa shape index (κ3) is 3.89. The summed E-state index contributed by atoms with van der Waals surface area (Å²) in [6.45, 7) is 5.80. The van der Waals surface area contributed by atoms with Gasteiger partial charge in [-0.3, -0.25) is 0 Å². The van der Waals surface area contributed by atoms with Crippen molar-refractivity contribution in [1.29, 1.82) is 0 Å². The topological polar surface area (TPSA) is 30.5 Å². The minimum absolute atomic E-state index is 0.330. The van der Waals surface area contributed by atoms with E-state index in [9.17, 15) is 0 Å². The van der Waals surface area contributed by atoms with Crippen LogP contribution in [0.3, 0.4) is 0 Å². The quantitative estimate of drug-likeness (QED) is 0.858. The van der Waals surface area contributed by atoms with Crippen molar-refractivity contribution in [3.05, 3.63) is 23.8 Å². The second-order valence-corrected chi connectivity index (χ2v) is 5.72. The highest BCUT2D eigenvalue weighted by molar-refractivity contribution is 5.46. The SMILES string of the molecule is CCOc1cccc(CNC)c1OC1CCCC(C)C1. The molecule has 2 atom stereocenters. The molecule has 1 aromatic rings. The first kappa shape index (κ1) is 15.2. The molecule has 1 saturated carbocycles. The summed E-state index contributed by atoms with van der Waals surface area (Å²) in [6, 6.07) is 6.15. The Morgan fingerprint density at radius 3 is 2.85 bits per heavy atom. The van der Waals surface area contributed by atoms with Crippen LogP contribution in [0.2, 0.25) is 0 Å². The number of para-hydroxylation sites is 1. The van der Waals surface area contributed by atoms with Gasteiger partial charge in [-0.1, -0.05) is 25.5 Å². The molecule has 0 amide bonds. The van der Waals surface area contributed by atoms with Crippen LogP contribution in [-0.4, -0.2) is 19.8 Å². The molecule has 3 nitrogen and oxygen atoms in total. The Bertz CT molecular complexity index is 395. The Morgan fingerprint density at radius 1 is 1.30 bits per heavy atom. The van der Waals surface area contributed by atoms with Crippen LogP contribution in [-0.2, 0) is 6.54 Å². The summed E-state index contributed by atoms with van der Waals surface area (Å²) in [5.74, 6) is 2.57. The average molecular weight is 277 g/mol.